The number of carbonyl (C=O) groups is 2. The number of fused-ring (bicyclic) bond motifs is 2. The van der Waals surface area contributed by atoms with Crippen LogP contribution in [0, 0.1) is 0 Å². The average Bonchev–Trinajstić information content (AvgIpc) is 2.79. The van der Waals surface area contributed by atoms with E-state index in [2.05, 4.69) is 5.32 Å². The number of benzene rings is 1. The summed E-state index contributed by atoms with van der Waals surface area (Å²) in [7, 11) is 1.54. The summed E-state index contributed by atoms with van der Waals surface area (Å²) in [5, 5.41) is 3.12. The molecule has 2 amide bonds. The highest BCUT2D eigenvalue weighted by Crippen LogP contribution is 2.23. The lowest BCUT2D eigenvalue weighted by atomic mass is 10.1. The fraction of sp³-hybridized carbons (Fsp3) is 0.0909. The topological polar surface area (TPSA) is 60.3 Å². The Morgan fingerprint density at radius 3 is 2.56 bits per heavy atom. The molecule has 0 atom stereocenters. The Kier molecular flexibility index (Phi) is 1.60. The molecule has 3 rings (SSSR count). The predicted octanol–water partition coefficient (Wildman–Crippen LogP) is 0.583. The van der Waals surface area contributed by atoms with E-state index < -0.39 is 0 Å². The Labute approximate surface area is 90.6 Å². The SMILES string of the molecule is COn1ccc2cc3c(cc21)C(=O)NC3=O. The van der Waals surface area contributed by atoms with Crippen LogP contribution in [-0.2, 0) is 0 Å². The third-order valence-electron chi connectivity index (χ3n) is 2.71. The minimum Gasteiger partial charge on any atom is -0.417 e. The molecule has 1 aromatic carbocycles. The van der Waals surface area contributed by atoms with E-state index in [1.807, 2.05) is 6.07 Å². The van der Waals surface area contributed by atoms with Crippen molar-refractivity contribution in [3.05, 3.63) is 35.5 Å². The summed E-state index contributed by atoms with van der Waals surface area (Å²) < 4.78 is 1.55. The molecule has 5 heteroatoms. The number of amides is 2. The molecule has 1 aliphatic rings. The Balaban J connectivity index is 2.36. The van der Waals surface area contributed by atoms with E-state index in [9.17, 15) is 9.59 Å². The minimum atomic E-state index is -0.356. The largest absolute Gasteiger partial charge is 0.417 e. The lowest BCUT2D eigenvalue weighted by molar-refractivity contribution is 0.0879. The molecule has 0 bridgehead atoms. The van der Waals surface area contributed by atoms with Crippen LogP contribution in [0.25, 0.3) is 10.9 Å². The van der Waals surface area contributed by atoms with E-state index in [1.165, 1.54) is 7.11 Å². The van der Waals surface area contributed by atoms with E-state index in [-0.39, 0.29) is 11.8 Å². The van der Waals surface area contributed by atoms with Crippen LogP contribution in [0.1, 0.15) is 20.7 Å². The molecule has 80 valence electrons. The molecule has 1 N–H and O–H groups in total. The van der Waals surface area contributed by atoms with Crippen molar-refractivity contribution in [3.63, 3.8) is 0 Å². The van der Waals surface area contributed by atoms with Gasteiger partial charge in [-0.1, -0.05) is 0 Å². The van der Waals surface area contributed by atoms with Gasteiger partial charge in [0.25, 0.3) is 11.8 Å². The maximum atomic E-state index is 11.5. The smallest absolute Gasteiger partial charge is 0.259 e. The summed E-state index contributed by atoms with van der Waals surface area (Å²) in [6, 6.07) is 5.18. The quantitative estimate of drug-likeness (QED) is 0.709. The molecule has 0 radical (unpaired) electrons. The summed E-state index contributed by atoms with van der Waals surface area (Å²) in [4.78, 5) is 28.0. The maximum absolute atomic E-state index is 11.5. The number of aromatic nitrogens is 1. The predicted molar refractivity (Wildman–Crippen MR) is 56.2 cm³/mol. The number of rotatable bonds is 1. The number of hydrogen-bond donors (Lipinski definition) is 1. The van der Waals surface area contributed by atoms with Gasteiger partial charge < -0.3 is 4.84 Å². The third-order valence-corrected chi connectivity index (χ3v) is 2.71. The molecule has 5 nitrogen and oxygen atoms in total. The van der Waals surface area contributed by atoms with Gasteiger partial charge in [-0.25, -0.2) is 0 Å². The van der Waals surface area contributed by atoms with Crippen LogP contribution in [-0.4, -0.2) is 23.7 Å². The van der Waals surface area contributed by atoms with Gasteiger partial charge in [0, 0.05) is 11.6 Å². The van der Waals surface area contributed by atoms with Crippen molar-refractivity contribution in [2.75, 3.05) is 7.11 Å². The third kappa shape index (κ3) is 0.995. The van der Waals surface area contributed by atoms with Crippen LogP contribution in [0.4, 0.5) is 0 Å². The molecular formula is C11H8N2O3. The maximum Gasteiger partial charge on any atom is 0.259 e. The highest BCUT2D eigenvalue weighted by Gasteiger charge is 2.27. The zero-order valence-electron chi connectivity index (χ0n) is 8.48. The van der Waals surface area contributed by atoms with Gasteiger partial charge in [0.05, 0.1) is 16.6 Å². The van der Waals surface area contributed by atoms with Crippen LogP contribution >= 0.6 is 0 Å². The molecule has 2 heterocycles. The molecule has 1 aromatic heterocycles. The van der Waals surface area contributed by atoms with E-state index in [4.69, 9.17) is 4.84 Å². The van der Waals surface area contributed by atoms with E-state index in [1.54, 1.807) is 23.1 Å². The Bertz CT molecular complexity index is 627. The van der Waals surface area contributed by atoms with Crippen LogP contribution in [0.5, 0.6) is 0 Å². The summed E-state index contributed by atoms with van der Waals surface area (Å²) >= 11 is 0. The summed E-state index contributed by atoms with van der Waals surface area (Å²) in [6.45, 7) is 0. The second-order valence-corrected chi connectivity index (χ2v) is 3.56. The molecule has 0 aliphatic carbocycles. The first-order chi connectivity index (χ1) is 7.70. The van der Waals surface area contributed by atoms with Crippen molar-refractivity contribution in [3.8, 4) is 0 Å². The fourth-order valence-electron chi connectivity index (χ4n) is 1.93. The Morgan fingerprint density at radius 2 is 1.88 bits per heavy atom. The highest BCUT2D eigenvalue weighted by atomic mass is 16.6. The monoisotopic (exact) mass is 216 g/mol. The molecule has 0 saturated carbocycles. The number of carbonyl (C=O) groups excluding carboxylic acids is 2. The Morgan fingerprint density at radius 1 is 1.19 bits per heavy atom. The van der Waals surface area contributed by atoms with Crippen molar-refractivity contribution < 1.29 is 14.4 Å². The summed E-state index contributed by atoms with van der Waals surface area (Å²) in [5.41, 5.74) is 1.59. The van der Waals surface area contributed by atoms with Crippen LogP contribution in [0.3, 0.4) is 0 Å². The molecule has 0 spiro atoms. The van der Waals surface area contributed by atoms with E-state index in [0.717, 1.165) is 10.9 Å². The van der Waals surface area contributed by atoms with Gasteiger partial charge in [0.2, 0.25) is 0 Å². The molecule has 1 aliphatic heterocycles. The van der Waals surface area contributed by atoms with Gasteiger partial charge >= 0.3 is 0 Å². The molecule has 0 fully saturated rings. The zero-order valence-corrected chi connectivity index (χ0v) is 8.48. The second kappa shape index (κ2) is 2.85. The van der Waals surface area contributed by atoms with E-state index >= 15 is 0 Å². The van der Waals surface area contributed by atoms with Gasteiger partial charge in [0.1, 0.15) is 7.11 Å². The van der Waals surface area contributed by atoms with E-state index in [0.29, 0.717) is 11.1 Å². The lowest BCUT2D eigenvalue weighted by Gasteiger charge is -2.02. The van der Waals surface area contributed by atoms with Crippen molar-refractivity contribution in [2.45, 2.75) is 0 Å². The number of nitrogens with one attached hydrogen (secondary N) is 1. The van der Waals surface area contributed by atoms with Gasteiger partial charge in [0.15, 0.2) is 0 Å². The second-order valence-electron chi connectivity index (χ2n) is 3.56. The lowest BCUT2D eigenvalue weighted by Crippen LogP contribution is -2.19. The zero-order chi connectivity index (χ0) is 11.3. The minimum absolute atomic E-state index is 0.341. The highest BCUT2D eigenvalue weighted by molar-refractivity contribution is 6.23. The first-order valence-corrected chi connectivity index (χ1v) is 4.76. The normalized spacial score (nSPS) is 14.1. The van der Waals surface area contributed by atoms with Gasteiger partial charge in [-0.2, -0.15) is 4.73 Å². The van der Waals surface area contributed by atoms with Gasteiger partial charge in [-0.3, -0.25) is 14.9 Å². The van der Waals surface area contributed by atoms with Crippen LogP contribution in [0.15, 0.2) is 24.4 Å². The molecule has 2 aromatic rings. The molecule has 16 heavy (non-hydrogen) atoms. The molecular weight excluding hydrogens is 208 g/mol. The first-order valence-electron chi connectivity index (χ1n) is 4.76. The standard InChI is InChI=1S/C11H8N2O3/c1-16-13-3-2-6-4-7-8(5-9(6)13)11(15)12-10(7)14/h2-5H,1H3,(H,12,14,15). The number of imide groups is 1. The van der Waals surface area contributed by atoms with Crippen LogP contribution in [0.2, 0.25) is 0 Å². The molecule has 0 unspecified atom stereocenters. The Hall–Kier alpha value is -2.30. The van der Waals surface area contributed by atoms with Crippen LogP contribution < -0.4 is 10.2 Å². The van der Waals surface area contributed by atoms with Crippen molar-refractivity contribution >= 4 is 22.7 Å². The van der Waals surface area contributed by atoms with Gasteiger partial charge in [-0.15, -0.1) is 0 Å². The van der Waals surface area contributed by atoms with Gasteiger partial charge in [-0.05, 0) is 18.2 Å². The van der Waals surface area contributed by atoms with Crippen molar-refractivity contribution in [1.82, 2.24) is 10.0 Å². The summed E-state index contributed by atoms with van der Waals surface area (Å²) in [6.07, 6.45) is 1.74. The number of hydrogen-bond acceptors (Lipinski definition) is 3. The fourth-order valence-corrected chi connectivity index (χ4v) is 1.93. The number of nitrogens with zero attached hydrogens (tertiary/aromatic N) is 1. The average molecular weight is 216 g/mol. The molecule has 0 saturated heterocycles. The van der Waals surface area contributed by atoms with Crippen molar-refractivity contribution in [2.24, 2.45) is 0 Å². The summed E-state index contributed by atoms with van der Waals surface area (Å²) in [5.74, 6) is -0.696. The first kappa shape index (κ1) is 8.96. The van der Waals surface area contributed by atoms with Crippen molar-refractivity contribution in [1.29, 1.82) is 0 Å².